The minimum atomic E-state index is -0.373. The summed E-state index contributed by atoms with van der Waals surface area (Å²) in [6.45, 7) is 3.85. The van der Waals surface area contributed by atoms with Crippen LogP contribution in [0.25, 0.3) is 17.1 Å². The molecule has 7 nitrogen and oxygen atoms in total. The molecule has 0 saturated heterocycles. The fourth-order valence-corrected chi connectivity index (χ4v) is 4.24. The maximum atomic E-state index is 12.9. The predicted octanol–water partition coefficient (Wildman–Crippen LogP) is 4.70. The molecule has 0 radical (unpaired) electrons. The average Bonchev–Trinajstić information content (AvgIpc) is 3.28. The number of methoxy groups -OCH3 is 1. The Morgan fingerprint density at radius 1 is 0.970 bits per heavy atom. The molecule has 0 aliphatic rings. The first-order valence-corrected chi connectivity index (χ1v) is 11.5. The SMILES string of the molecule is COc1ccc(-n2c(S[C@H](C)C(=O)N[C@@H](C)c3ccccc3)nnc2-c2ccncc2)cc1. The van der Waals surface area contributed by atoms with Gasteiger partial charge in [0.15, 0.2) is 11.0 Å². The quantitative estimate of drug-likeness (QED) is 0.385. The summed E-state index contributed by atoms with van der Waals surface area (Å²) in [7, 11) is 1.63. The van der Waals surface area contributed by atoms with Crippen molar-refractivity contribution in [1.29, 1.82) is 0 Å². The summed E-state index contributed by atoms with van der Waals surface area (Å²) >= 11 is 1.37. The Kier molecular flexibility index (Phi) is 7.04. The number of nitrogens with one attached hydrogen (secondary N) is 1. The predicted molar refractivity (Wildman–Crippen MR) is 129 cm³/mol. The molecule has 0 aliphatic carbocycles. The number of carbonyl (C=O) groups is 1. The van der Waals surface area contributed by atoms with Crippen LogP contribution < -0.4 is 10.1 Å². The van der Waals surface area contributed by atoms with Crippen LogP contribution in [0.4, 0.5) is 0 Å². The van der Waals surface area contributed by atoms with Crippen LogP contribution in [-0.4, -0.2) is 38.0 Å². The van der Waals surface area contributed by atoms with Gasteiger partial charge in [-0.1, -0.05) is 42.1 Å². The van der Waals surface area contributed by atoms with Crippen molar-refractivity contribution in [1.82, 2.24) is 25.1 Å². The minimum absolute atomic E-state index is 0.0638. The second-order valence-electron chi connectivity index (χ2n) is 7.48. The summed E-state index contributed by atoms with van der Waals surface area (Å²) in [5.41, 5.74) is 2.82. The van der Waals surface area contributed by atoms with Gasteiger partial charge in [-0.3, -0.25) is 14.3 Å². The van der Waals surface area contributed by atoms with Crippen LogP contribution in [0.2, 0.25) is 0 Å². The Balaban J connectivity index is 1.60. The van der Waals surface area contributed by atoms with Gasteiger partial charge in [0.2, 0.25) is 5.91 Å². The van der Waals surface area contributed by atoms with Crippen molar-refractivity contribution < 1.29 is 9.53 Å². The summed E-state index contributed by atoms with van der Waals surface area (Å²) < 4.78 is 7.24. The molecule has 0 saturated carbocycles. The standard InChI is InChI=1S/C25H25N5O2S/c1-17(19-7-5-4-6-8-19)27-24(31)18(2)33-25-29-28-23(20-13-15-26-16-14-20)30(25)21-9-11-22(32-3)12-10-21/h4-18H,1-3H3,(H,27,31)/t17-,18+/m0/s1. The summed E-state index contributed by atoms with van der Waals surface area (Å²) in [5, 5.41) is 12.2. The molecule has 0 unspecified atom stereocenters. The van der Waals surface area contributed by atoms with Gasteiger partial charge in [0, 0.05) is 23.6 Å². The van der Waals surface area contributed by atoms with Crippen LogP contribution in [0.15, 0.2) is 84.3 Å². The van der Waals surface area contributed by atoms with E-state index in [1.807, 2.05) is 85.1 Å². The summed E-state index contributed by atoms with van der Waals surface area (Å²) in [6, 6.07) is 21.2. The Morgan fingerprint density at radius 3 is 2.33 bits per heavy atom. The third-order valence-electron chi connectivity index (χ3n) is 5.21. The van der Waals surface area contributed by atoms with Crippen molar-refractivity contribution in [2.75, 3.05) is 7.11 Å². The van der Waals surface area contributed by atoms with E-state index >= 15 is 0 Å². The Hall–Kier alpha value is -3.65. The van der Waals surface area contributed by atoms with E-state index in [2.05, 4.69) is 20.5 Å². The maximum absolute atomic E-state index is 12.9. The van der Waals surface area contributed by atoms with Gasteiger partial charge in [-0.2, -0.15) is 0 Å². The van der Waals surface area contributed by atoms with Crippen molar-refractivity contribution in [2.45, 2.75) is 30.3 Å². The molecule has 4 aromatic rings. The number of aromatic nitrogens is 4. The molecule has 8 heteroatoms. The van der Waals surface area contributed by atoms with Gasteiger partial charge >= 0.3 is 0 Å². The van der Waals surface area contributed by atoms with Crippen molar-refractivity contribution in [2.24, 2.45) is 0 Å². The number of benzene rings is 2. The van der Waals surface area contributed by atoms with Crippen molar-refractivity contribution in [3.63, 3.8) is 0 Å². The monoisotopic (exact) mass is 459 g/mol. The molecule has 2 atom stereocenters. The van der Waals surface area contributed by atoms with Gasteiger partial charge in [0.1, 0.15) is 5.75 Å². The second-order valence-corrected chi connectivity index (χ2v) is 8.78. The molecule has 2 aromatic heterocycles. The molecule has 2 aromatic carbocycles. The van der Waals surface area contributed by atoms with Gasteiger partial charge in [-0.05, 0) is 55.8 Å². The van der Waals surface area contributed by atoms with E-state index in [0.717, 1.165) is 22.6 Å². The largest absolute Gasteiger partial charge is 0.497 e. The number of hydrogen-bond acceptors (Lipinski definition) is 6. The Labute approximate surface area is 197 Å². The number of rotatable bonds is 8. The molecule has 4 rings (SSSR count). The molecular formula is C25H25N5O2S. The lowest BCUT2D eigenvalue weighted by Crippen LogP contribution is -2.33. The smallest absolute Gasteiger partial charge is 0.233 e. The van der Waals surface area contributed by atoms with E-state index in [9.17, 15) is 4.79 Å². The van der Waals surface area contributed by atoms with E-state index in [4.69, 9.17) is 4.74 Å². The normalized spacial score (nSPS) is 12.7. The first-order valence-electron chi connectivity index (χ1n) is 10.6. The van der Waals surface area contributed by atoms with Crippen LogP contribution in [0.1, 0.15) is 25.5 Å². The number of nitrogens with zero attached hydrogens (tertiary/aromatic N) is 4. The zero-order chi connectivity index (χ0) is 23.2. The fraction of sp³-hybridized carbons (Fsp3) is 0.200. The highest BCUT2D eigenvalue weighted by Gasteiger charge is 2.23. The highest BCUT2D eigenvalue weighted by atomic mass is 32.2. The summed E-state index contributed by atoms with van der Waals surface area (Å²) in [5.74, 6) is 1.37. The minimum Gasteiger partial charge on any atom is -0.497 e. The molecule has 1 N–H and O–H groups in total. The van der Waals surface area contributed by atoms with Crippen LogP contribution in [-0.2, 0) is 4.79 Å². The highest BCUT2D eigenvalue weighted by molar-refractivity contribution is 8.00. The number of hydrogen-bond donors (Lipinski definition) is 1. The molecule has 168 valence electrons. The lowest BCUT2D eigenvalue weighted by atomic mass is 10.1. The van der Waals surface area contributed by atoms with Crippen LogP contribution in [0.3, 0.4) is 0 Å². The summed E-state index contributed by atoms with van der Waals surface area (Å²) in [6.07, 6.45) is 3.44. The van der Waals surface area contributed by atoms with Gasteiger partial charge in [0.05, 0.1) is 18.4 Å². The third-order valence-corrected chi connectivity index (χ3v) is 6.25. The molecule has 1 amide bonds. The lowest BCUT2D eigenvalue weighted by molar-refractivity contribution is -0.120. The number of ether oxygens (including phenoxy) is 1. The third kappa shape index (κ3) is 5.23. The molecule has 0 aliphatic heterocycles. The van der Waals surface area contributed by atoms with E-state index < -0.39 is 0 Å². The van der Waals surface area contributed by atoms with Gasteiger partial charge in [-0.25, -0.2) is 0 Å². The van der Waals surface area contributed by atoms with Crippen molar-refractivity contribution in [3.8, 4) is 22.8 Å². The number of pyridine rings is 1. The number of amides is 1. The lowest BCUT2D eigenvalue weighted by Gasteiger charge is -2.18. The Morgan fingerprint density at radius 2 is 1.67 bits per heavy atom. The van der Waals surface area contributed by atoms with Crippen LogP contribution in [0, 0.1) is 0 Å². The Bertz CT molecular complexity index is 1200. The van der Waals surface area contributed by atoms with Crippen LogP contribution >= 0.6 is 11.8 Å². The molecule has 2 heterocycles. The first kappa shape index (κ1) is 22.5. The van der Waals surface area contributed by atoms with Gasteiger partial charge < -0.3 is 10.1 Å². The zero-order valence-electron chi connectivity index (χ0n) is 18.7. The van der Waals surface area contributed by atoms with E-state index in [1.54, 1.807) is 19.5 Å². The van der Waals surface area contributed by atoms with Crippen molar-refractivity contribution in [3.05, 3.63) is 84.7 Å². The zero-order valence-corrected chi connectivity index (χ0v) is 19.5. The summed E-state index contributed by atoms with van der Waals surface area (Å²) in [4.78, 5) is 17.0. The average molecular weight is 460 g/mol. The second kappa shape index (κ2) is 10.3. The molecule has 0 fully saturated rings. The molecular weight excluding hydrogens is 434 g/mol. The molecule has 33 heavy (non-hydrogen) atoms. The highest BCUT2D eigenvalue weighted by Crippen LogP contribution is 2.31. The van der Waals surface area contributed by atoms with E-state index in [1.165, 1.54) is 11.8 Å². The van der Waals surface area contributed by atoms with E-state index in [-0.39, 0.29) is 17.2 Å². The first-order chi connectivity index (χ1) is 16.1. The number of thioether (sulfide) groups is 1. The van der Waals surface area contributed by atoms with Gasteiger partial charge in [0.25, 0.3) is 0 Å². The molecule has 0 bridgehead atoms. The topological polar surface area (TPSA) is 81.9 Å². The molecule has 0 spiro atoms. The fourth-order valence-electron chi connectivity index (χ4n) is 3.37. The van der Waals surface area contributed by atoms with Crippen LogP contribution in [0.5, 0.6) is 5.75 Å². The van der Waals surface area contributed by atoms with E-state index in [0.29, 0.717) is 11.0 Å². The van der Waals surface area contributed by atoms with Gasteiger partial charge in [-0.15, -0.1) is 10.2 Å². The number of carbonyl (C=O) groups excluding carboxylic acids is 1. The maximum Gasteiger partial charge on any atom is 0.233 e. The van der Waals surface area contributed by atoms with Crippen molar-refractivity contribution >= 4 is 17.7 Å².